The van der Waals surface area contributed by atoms with Gasteiger partial charge in [0.05, 0.1) is 6.20 Å². The molecule has 154 valence electrons. The summed E-state index contributed by atoms with van der Waals surface area (Å²) in [5.41, 5.74) is 2.78. The molecule has 2 aromatic heterocycles. The Morgan fingerprint density at radius 1 is 1.06 bits per heavy atom. The first-order valence-corrected chi connectivity index (χ1v) is 9.80. The monoisotopic (exact) mass is 415 g/mol. The number of nitrogens with one attached hydrogen (secondary N) is 2. The zero-order valence-electron chi connectivity index (χ0n) is 16.4. The summed E-state index contributed by atoms with van der Waals surface area (Å²) < 4.78 is 17.6. The van der Waals surface area contributed by atoms with Crippen molar-refractivity contribution < 1.29 is 14.0 Å². The molecule has 0 unspecified atom stereocenters. The van der Waals surface area contributed by atoms with Gasteiger partial charge in [-0.05, 0) is 48.4 Å². The van der Waals surface area contributed by atoms with Gasteiger partial charge >= 0.3 is 0 Å². The van der Waals surface area contributed by atoms with E-state index in [0.717, 1.165) is 5.56 Å². The molecular formula is C23H18FN5O2. The molecule has 0 saturated heterocycles. The van der Waals surface area contributed by atoms with E-state index in [1.54, 1.807) is 47.3 Å². The van der Waals surface area contributed by atoms with Gasteiger partial charge in [0.1, 0.15) is 17.1 Å². The van der Waals surface area contributed by atoms with Crippen LogP contribution in [-0.2, 0) is 11.2 Å². The second-order valence-electron chi connectivity index (χ2n) is 7.21. The first-order chi connectivity index (χ1) is 15.1. The molecular weight excluding hydrogens is 397 g/mol. The number of amides is 2. The molecule has 31 heavy (non-hydrogen) atoms. The van der Waals surface area contributed by atoms with Gasteiger partial charge in [-0.1, -0.05) is 18.2 Å². The van der Waals surface area contributed by atoms with Gasteiger partial charge in [-0.15, -0.1) is 0 Å². The van der Waals surface area contributed by atoms with Crippen molar-refractivity contribution in [1.82, 2.24) is 14.3 Å². The molecule has 0 radical (unpaired) electrons. The van der Waals surface area contributed by atoms with E-state index in [9.17, 15) is 14.0 Å². The van der Waals surface area contributed by atoms with Crippen molar-refractivity contribution in [2.24, 2.45) is 0 Å². The van der Waals surface area contributed by atoms with Crippen molar-refractivity contribution in [3.05, 3.63) is 90.1 Å². The maximum absolute atomic E-state index is 14.4. The van der Waals surface area contributed by atoms with Gasteiger partial charge in [0.15, 0.2) is 5.82 Å². The second kappa shape index (κ2) is 7.56. The van der Waals surface area contributed by atoms with Crippen molar-refractivity contribution >= 4 is 23.2 Å². The molecule has 0 saturated carbocycles. The average Bonchev–Trinajstić information content (AvgIpc) is 3.43. The molecule has 1 aliphatic heterocycles. The maximum Gasteiger partial charge on any atom is 0.261 e. The van der Waals surface area contributed by atoms with E-state index in [1.807, 2.05) is 18.2 Å². The highest BCUT2D eigenvalue weighted by Gasteiger charge is 2.22. The third-order valence-electron chi connectivity index (χ3n) is 5.18. The average molecular weight is 415 g/mol. The van der Waals surface area contributed by atoms with Gasteiger partial charge in [0.25, 0.3) is 5.91 Å². The molecule has 7 nitrogen and oxygen atoms in total. The smallest absolute Gasteiger partial charge is 0.261 e. The van der Waals surface area contributed by atoms with Crippen molar-refractivity contribution in [2.75, 3.05) is 10.6 Å². The zero-order chi connectivity index (χ0) is 21.4. The third-order valence-corrected chi connectivity index (χ3v) is 5.18. The molecule has 0 aliphatic carbocycles. The molecule has 3 heterocycles. The predicted molar refractivity (Wildman–Crippen MR) is 114 cm³/mol. The largest absolute Gasteiger partial charge is 0.326 e. The lowest BCUT2D eigenvalue weighted by molar-refractivity contribution is -0.116. The summed E-state index contributed by atoms with van der Waals surface area (Å²) in [5.74, 6) is -0.472. The van der Waals surface area contributed by atoms with Crippen molar-refractivity contribution in [3.63, 3.8) is 0 Å². The fourth-order valence-electron chi connectivity index (χ4n) is 3.67. The van der Waals surface area contributed by atoms with Crippen LogP contribution in [0.2, 0.25) is 0 Å². The summed E-state index contributed by atoms with van der Waals surface area (Å²) >= 11 is 0. The van der Waals surface area contributed by atoms with E-state index < -0.39 is 11.7 Å². The Hall–Kier alpha value is -4.20. The second-order valence-corrected chi connectivity index (χ2v) is 7.21. The van der Waals surface area contributed by atoms with Gasteiger partial charge in [0, 0.05) is 30.2 Å². The van der Waals surface area contributed by atoms with Gasteiger partial charge in [-0.25, -0.2) is 9.07 Å². The fraction of sp³-hybridized carbons (Fsp3) is 0.0870. The number of aromatic nitrogens is 3. The van der Waals surface area contributed by atoms with Crippen LogP contribution < -0.4 is 10.6 Å². The topological polar surface area (TPSA) is 81.0 Å². The molecule has 0 spiro atoms. The van der Waals surface area contributed by atoms with Gasteiger partial charge < -0.3 is 15.2 Å². The van der Waals surface area contributed by atoms with Crippen LogP contribution in [0.5, 0.6) is 0 Å². The normalized spacial score (nSPS) is 12.9. The lowest BCUT2D eigenvalue weighted by Crippen LogP contribution is -2.20. The van der Waals surface area contributed by atoms with Crippen LogP contribution >= 0.6 is 0 Å². The zero-order valence-corrected chi connectivity index (χ0v) is 16.4. The fourth-order valence-corrected chi connectivity index (χ4v) is 3.67. The van der Waals surface area contributed by atoms with Crippen LogP contribution in [0, 0.1) is 5.82 Å². The van der Waals surface area contributed by atoms with E-state index >= 15 is 0 Å². The standard InChI is InChI=1S/C23H18FN5O2/c24-18-5-1-2-6-20(18)29-23(28-11-3-4-12-28)17(14-25-29)22(31)26-16-9-7-15-8-10-21(30)27-19(15)13-16/h1-7,9,11-14H,8,10H2,(H,26,31)(H,27,30). The minimum atomic E-state index is -0.448. The number of nitrogens with zero attached hydrogens (tertiary/aromatic N) is 3. The number of anilines is 2. The SMILES string of the molecule is O=C1CCc2ccc(NC(=O)c3cnn(-c4ccccc4F)c3-n3cccc3)cc2N1. The summed E-state index contributed by atoms with van der Waals surface area (Å²) in [6.07, 6.45) is 6.06. The van der Waals surface area contributed by atoms with Crippen LogP contribution in [0.3, 0.4) is 0 Å². The minimum Gasteiger partial charge on any atom is -0.326 e. The number of hydrogen-bond acceptors (Lipinski definition) is 3. The number of hydrogen-bond donors (Lipinski definition) is 2. The Bertz CT molecular complexity index is 1290. The van der Waals surface area contributed by atoms with E-state index in [0.29, 0.717) is 30.0 Å². The summed E-state index contributed by atoms with van der Waals surface area (Å²) in [6.45, 7) is 0. The molecule has 1 aliphatic rings. The van der Waals surface area contributed by atoms with Crippen LogP contribution in [0.15, 0.2) is 73.2 Å². The van der Waals surface area contributed by atoms with E-state index in [1.165, 1.54) is 16.9 Å². The maximum atomic E-state index is 14.4. The van der Waals surface area contributed by atoms with Gasteiger partial charge in [-0.2, -0.15) is 5.10 Å². The van der Waals surface area contributed by atoms with E-state index in [2.05, 4.69) is 15.7 Å². The highest BCUT2D eigenvalue weighted by Crippen LogP contribution is 2.27. The Balaban J connectivity index is 1.52. The lowest BCUT2D eigenvalue weighted by atomic mass is 10.0. The summed E-state index contributed by atoms with van der Waals surface area (Å²) in [4.78, 5) is 24.8. The first kappa shape index (κ1) is 18.8. The summed E-state index contributed by atoms with van der Waals surface area (Å²) in [5, 5.41) is 9.96. The molecule has 0 fully saturated rings. The highest BCUT2D eigenvalue weighted by molar-refractivity contribution is 6.07. The first-order valence-electron chi connectivity index (χ1n) is 9.80. The van der Waals surface area contributed by atoms with Crippen LogP contribution in [0.4, 0.5) is 15.8 Å². The van der Waals surface area contributed by atoms with Gasteiger partial charge in [0.2, 0.25) is 5.91 Å². The summed E-state index contributed by atoms with van der Waals surface area (Å²) in [6, 6.07) is 15.3. The molecule has 4 aromatic rings. The number of aryl methyl sites for hydroxylation is 1. The molecule has 0 bridgehead atoms. The predicted octanol–water partition coefficient (Wildman–Crippen LogP) is 3.94. The molecule has 2 aromatic carbocycles. The molecule has 2 N–H and O–H groups in total. The number of carbonyl (C=O) groups is 2. The molecule has 2 amide bonds. The van der Waals surface area contributed by atoms with E-state index in [-0.39, 0.29) is 17.2 Å². The Morgan fingerprint density at radius 3 is 2.68 bits per heavy atom. The number of fused-ring (bicyclic) bond motifs is 1. The molecule has 0 atom stereocenters. The van der Waals surface area contributed by atoms with Crippen LogP contribution in [0.1, 0.15) is 22.3 Å². The van der Waals surface area contributed by atoms with Gasteiger partial charge in [-0.3, -0.25) is 9.59 Å². The van der Waals surface area contributed by atoms with Crippen molar-refractivity contribution in [3.8, 4) is 11.5 Å². The highest BCUT2D eigenvalue weighted by atomic mass is 19.1. The van der Waals surface area contributed by atoms with Crippen LogP contribution in [-0.4, -0.2) is 26.2 Å². The number of rotatable bonds is 4. The lowest BCUT2D eigenvalue weighted by Gasteiger charge is -2.18. The quantitative estimate of drug-likeness (QED) is 0.530. The number of para-hydroxylation sites is 1. The van der Waals surface area contributed by atoms with Crippen molar-refractivity contribution in [1.29, 1.82) is 0 Å². The summed E-state index contributed by atoms with van der Waals surface area (Å²) in [7, 11) is 0. The number of halogens is 1. The minimum absolute atomic E-state index is 0.0444. The Labute approximate surface area is 177 Å². The molecule has 8 heteroatoms. The molecule has 5 rings (SSSR count). The number of benzene rings is 2. The van der Waals surface area contributed by atoms with E-state index in [4.69, 9.17) is 0 Å². The number of carbonyl (C=O) groups excluding carboxylic acids is 2. The Morgan fingerprint density at radius 2 is 1.87 bits per heavy atom. The Kier molecular flexibility index (Phi) is 4.59. The van der Waals surface area contributed by atoms with Crippen LogP contribution in [0.25, 0.3) is 11.5 Å². The van der Waals surface area contributed by atoms with Crippen molar-refractivity contribution in [2.45, 2.75) is 12.8 Å². The third kappa shape index (κ3) is 3.48.